The van der Waals surface area contributed by atoms with Crippen LogP contribution in [0.2, 0.25) is 5.02 Å². The fourth-order valence-electron chi connectivity index (χ4n) is 1.87. The molecule has 0 saturated carbocycles. The quantitative estimate of drug-likeness (QED) is 0.889. The molecular formula is C14H18ClN3O2. The van der Waals surface area contributed by atoms with Crippen LogP contribution in [-0.4, -0.2) is 24.0 Å². The third-order valence-electron chi connectivity index (χ3n) is 2.97. The van der Waals surface area contributed by atoms with E-state index in [0.29, 0.717) is 23.1 Å². The van der Waals surface area contributed by atoms with Gasteiger partial charge in [-0.05, 0) is 13.0 Å². The summed E-state index contributed by atoms with van der Waals surface area (Å²) in [5.74, 6) is 1.28. The van der Waals surface area contributed by atoms with Crippen LogP contribution in [0, 0.1) is 0 Å². The highest BCUT2D eigenvalue weighted by molar-refractivity contribution is 6.32. The molecule has 0 bridgehead atoms. The van der Waals surface area contributed by atoms with E-state index in [4.69, 9.17) is 21.1 Å². The van der Waals surface area contributed by atoms with Crippen molar-refractivity contribution < 1.29 is 9.47 Å². The first-order chi connectivity index (χ1) is 9.67. The summed E-state index contributed by atoms with van der Waals surface area (Å²) in [5.41, 5.74) is 1.92. The van der Waals surface area contributed by atoms with Gasteiger partial charge in [0.25, 0.3) is 0 Å². The molecule has 2 rings (SSSR count). The highest BCUT2D eigenvalue weighted by Gasteiger charge is 2.10. The van der Waals surface area contributed by atoms with E-state index in [-0.39, 0.29) is 0 Å². The molecule has 1 N–H and O–H groups in total. The monoisotopic (exact) mass is 295 g/mol. The van der Waals surface area contributed by atoms with Crippen LogP contribution >= 0.6 is 11.6 Å². The standard InChI is InChI=1S/C14H18ClN3O2/c1-4-18-9-10(8-17-18)7-16-12-5-11(15)13(19-2)6-14(12)20-3/h5-6,8-9,16H,4,7H2,1-3H3. The molecule has 5 nitrogen and oxygen atoms in total. The highest BCUT2D eigenvalue weighted by Crippen LogP contribution is 2.36. The molecule has 6 heteroatoms. The molecule has 0 fully saturated rings. The molecule has 108 valence electrons. The third-order valence-corrected chi connectivity index (χ3v) is 3.26. The molecule has 20 heavy (non-hydrogen) atoms. The van der Waals surface area contributed by atoms with Gasteiger partial charge < -0.3 is 14.8 Å². The number of hydrogen-bond acceptors (Lipinski definition) is 4. The summed E-state index contributed by atoms with van der Waals surface area (Å²) in [6.45, 7) is 3.56. The van der Waals surface area contributed by atoms with Crippen molar-refractivity contribution in [1.29, 1.82) is 0 Å². The smallest absolute Gasteiger partial charge is 0.145 e. The number of nitrogens with zero attached hydrogens (tertiary/aromatic N) is 2. The van der Waals surface area contributed by atoms with Gasteiger partial charge in [-0.15, -0.1) is 0 Å². The Balaban J connectivity index is 2.14. The van der Waals surface area contributed by atoms with E-state index in [1.54, 1.807) is 26.4 Å². The Kier molecular flexibility index (Phi) is 4.74. The van der Waals surface area contributed by atoms with E-state index in [9.17, 15) is 0 Å². The van der Waals surface area contributed by atoms with Crippen LogP contribution in [0.3, 0.4) is 0 Å². The van der Waals surface area contributed by atoms with Gasteiger partial charge in [0.2, 0.25) is 0 Å². The first-order valence-electron chi connectivity index (χ1n) is 6.34. The third kappa shape index (κ3) is 3.17. The summed E-state index contributed by atoms with van der Waals surface area (Å²) < 4.78 is 12.4. The Bertz CT molecular complexity index is 584. The van der Waals surface area contributed by atoms with E-state index in [1.807, 2.05) is 17.1 Å². The fourth-order valence-corrected chi connectivity index (χ4v) is 2.11. The first-order valence-corrected chi connectivity index (χ1v) is 6.72. The molecule has 1 aromatic carbocycles. The van der Waals surface area contributed by atoms with Crippen LogP contribution in [0.25, 0.3) is 0 Å². The molecule has 1 heterocycles. The Hall–Kier alpha value is -1.88. The van der Waals surface area contributed by atoms with Crippen molar-refractivity contribution in [3.05, 3.63) is 35.1 Å². The lowest BCUT2D eigenvalue weighted by Gasteiger charge is -2.13. The molecule has 2 aromatic rings. The number of aromatic nitrogens is 2. The minimum Gasteiger partial charge on any atom is -0.495 e. The molecule has 0 aliphatic carbocycles. The lowest BCUT2D eigenvalue weighted by atomic mass is 10.2. The minimum atomic E-state index is 0.542. The van der Waals surface area contributed by atoms with Crippen molar-refractivity contribution in [1.82, 2.24) is 9.78 Å². The van der Waals surface area contributed by atoms with Gasteiger partial charge in [-0.2, -0.15) is 5.10 Å². The summed E-state index contributed by atoms with van der Waals surface area (Å²) in [4.78, 5) is 0. The van der Waals surface area contributed by atoms with Crippen LogP contribution in [0.1, 0.15) is 12.5 Å². The summed E-state index contributed by atoms with van der Waals surface area (Å²) in [5, 5.41) is 8.07. The van der Waals surface area contributed by atoms with Crippen molar-refractivity contribution in [2.75, 3.05) is 19.5 Å². The first kappa shape index (κ1) is 14.5. The lowest BCUT2D eigenvalue weighted by molar-refractivity contribution is 0.395. The predicted molar refractivity (Wildman–Crippen MR) is 79.8 cm³/mol. The average molecular weight is 296 g/mol. The molecule has 0 spiro atoms. The van der Waals surface area contributed by atoms with Gasteiger partial charge in [0.15, 0.2) is 0 Å². The topological polar surface area (TPSA) is 48.3 Å². The molecule has 0 amide bonds. The lowest BCUT2D eigenvalue weighted by Crippen LogP contribution is -2.01. The van der Waals surface area contributed by atoms with Gasteiger partial charge in [-0.25, -0.2) is 0 Å². The van der Waals surface area contributed by atoms with Crippen LogP contribution in [0.15, 0.2) is 24.5 Å². The fraction of sp³-hybridized carbons (Fsp3) is 0.357. The predicted octanol–water partition coefficient (Wildman–Crippen LogP) is 3.19. The average Bonchev–Trinajstić information content (AvgIpc) is 2.93. The summed E-state index contributed by atoms with van der Waals surface area (Å²) in [7, 11) is 3.19. The van der Waals surface area contributed by atoms with Gasteiger partial charge in [0, 0.05) is 30.9 Å². The molecule has 0 saturated heterocycles. The van der Waals surface area contributed by atoms with Crippen LogP contribution in [-0.2, 0) is 13.1 Å². The zero-order valence-electron chi connectivity index (χ0n) is 11.8. The molecule has 1 aromatic heterocycles. The normalized spacial score (nSPS) is 10.4. The largest absolute Gasteiger partial charge is 0.495 e. The van der Waals surface area contributed by atoms with Gasteiger partial charge >= 0.3 is 0 Å². The zero-order chi connectivity index (χ0) is 14.5. The molecule has 0 radical (unpaired) electrons. The Labute approximate surface area is 123 Å². The van der Waals surface area contributed by atoms with E-state index in [1.165, 1.54) is 0 Å². The maximum absolute atomic E-state index is 6.13. The molecule has 0 unspecified atom stereocenters. The van der Waals surface area contributed by atoms with Crippen LogP contribution in [0.4, 0.5) is 5.69 Å². The number of halogens is 1. The highest BCUT2D eigenvalue weighted by atomic mass is 35.5. The summed E-state index contributed by atoms with van der Waals surface area (Å²) in [6, 6.07) is 3.56. The Morgan fingerprint density at radius 1 is 1.25 bits per heavy atom. The van der Waals surface area contributed by atoms with Crippen LogP contribution in [0.5, 0.6) is 11.5 Å². The number of ether oxygens (including phenoxy) is 2. The number of rotatable bonds is 6. The molecule has 0 aliphatic heterocycles. The summed E-state index contributed by atoms with van der Waals surface area (Å²) >= 11 is 6.13. The van der Waals surface area contributed by atoms with Gasteiger partial charge in [-0.3, -0.25) is 4.68 Å². The number of benzene rings is 1. The van der Waals surface area contributed by atoms with Crippen molar-refractivity contribution in [3.63, 3.8) is 0 Å². The van der Waals surface area contributed by atoms with Crippen molar-refractivity contribution in [2.24, 2.45) is 0 Å². The van der Waals surface area contributed by atoms with E-state index >= 15 is 0 Å². The SMILES string of the molecule is CCn1cc(CNc2cc(Cl)c(OC)cc2OC)cn1. The number of aryl methyl sites for hydroxylation is 1. The summed E-state index contributed by atoms with van der Waals surface area (Å²) in [6.07, 6.45) is 3.85. The van der Waals surface area contributed by atoms with Crippen molar-refractivity contribution in [2.45, 2.75) is 20.0 Å². The second-order valence-electron chi connectivity index (χ2n) is 4.24. The van der Waals surface area contributed by atoms with Gasteiger partial charge in [0.05, 0.1) is 31.1 Å². The van der Waals surface area contributed by atoms with E-state index in [0.717, 1.165) is 17.8 Å². The minimum absolute atomic E-state index is 0.542. The van der Waals surface area contributed by atoms with Crippen LogP contribution < -0.4 is 14.8 Å². The number of methoxy groups -OCH3 is 2. The van der Waals surface area contributed by atoms with E-state index in [2.05, 4.69) is 17.3 Å². The second-order valence-corrected chi connectivity index (χ2v) is 4.65. The Morgan fingerprint density at radius 3 is 2.60 bits per heavy atom. The maximum atomic E-state index is 6.13. The van der Waals surface area contributed by atoms with Crippen molar-refractivity contribution >= 4 is 17.3 Å². The van der Waals surface area contributed by atoms with E-state index < -0.39 is 0 Å². The molecular weight excluding hydrogens is 278 g/mol. The van der Waals surface area contributed by atoms with Gasteiger partial charge in [0.1, 0.15) is 11.5 Å². The number of nitrogens with one attached hydrogen (secondary N) is 1. The van der Waals surface area contributed by atoms with Gasteiger partial charge in [-0.1, -0.05) is 11.6 Å². The molecule has 0 aliphatic rings. The second kappa shape index (κ2) is 6.52. The molecule has 0 atom stereocenters. The zero-order valence-corrected chi connectivity index (χ0v) is 12.6. The van der Waals surface area contributed by atoms with Crippen molar-refractivity contribution in [3.8, 4) is 11.5 Å². The number of hydrogen-bond donors (Lipinski definition) is 1. The number of anilines is 1. The maximum Gasteiger partial charge on any atom is 0.145 e. The Morgan fingerprint density at radius 2 is 2.00 bits per heavy atom.